The minimum Gasteiger partial charge on any atom is -0.497 e. The van der Waals surface area contributed by atoms with E-state index < -0.39 is 36.2 Å². The first-order valence-electron chi connectivity index (χ1n) is 5.69. The Balaban J connectivity index is 2.76. The number of halogens is 1. The lowest BCUT2D eigenvalue weighted by molar-refractivity contribution is -0.145. The fraction of sp³-hybridized carbons (Fsp3) is 0.250. The summed E-state index contributed by atoms with van der Waals surface area (Å²) in [4.78, 5) is 32.8. The second kappa shape index (κ2) is 7.08. The summed E-state index contributed by atoms with van der Waals surface area (Å²) in [6.07, 6.45) is -0.802. The Bertz CT molecular complexity index is 563. The van der Waals surface area contributed by atoms with Gasteiger partial charge in [0, 0.05) is 6.07 Å². The van der Waals surface area contributed by atoms with Crippen LogP contribution in [0.4, 0.5) is 14.9 Å². The molecule has 114 valence electrons. The fourth-order valence-corrected chi connectivity index (χ4v) is 1.42. The van der Waals surface area contributed by atoms with Gasteiger partial charge < -0.3 is 25.6 Å². The van der Waals surface area contributed by atoms with E-state index in [1.807, 2.05) is 5.32 Å². The Morgan fingerprint density at radius 2 is 2.00 bits per heavy atom. The van der Waals surface area contributed by atoms with Gasteiger partial charge in [0.2, 0.25) is 0 Å². The van der Waals surface area contributed by atoms with Gasteiger partial charge in [0.15, 0.2) is 0 Å². The first-order valence-corrected chi connectivity index (χ1v) is 5.69. The van der Waals surface area contributed by atoms with Crippen LogP contribution in [-0.4, -0.2) is 41.3 Å². The van der Waals surface area contributed by atoms with Gasteiger partial charge in [-0.15, -0.1) is 0 Å². The molecule has 0 aliphatic heterocycles. The Labute approximate surface area is 118 Å². The van der Waals surface area contributed by atoms with E-state index in [4.69, 9.17) is 14.9 Å². The molecule has 1 rings (SSSR count). The van der Waals surface area contributed by atoms with Gasteiger partial charge in [-0.25, -0.2) is 14.0 Å². The number of hydrogen-bond acceptors (Lipinski definition) is 4. The molecule has 0 unspecified atom stereocenters. The van der Waals surface area contributed by atoms with Crippen LogP contribution in [0.15, 0.2) is 18.2 Å². The van der Waals surface area contributed by atoms with Crippen LogP contribution in [0, 0.1) is 5.82 Å². The maximum atomic E-state index is 13.5. The Morgan fingerprint density at radius 1 is 1.33 bits per heavy atom. The lowest BCUT2D eigenvalue weighted by atomic mass is 10.2. The van der Waals surface area contributed by atoms with Crippen molar-refractivity contribution in [2.24, 2.45) is 0 Å². The van der Waals surface area contributed by atoms with Crippen molar-refractivity contribution in [2.75, 3.05) is 12.4 Å². The van der Waals surface area contributed by atoms with Crippen molar-refractivity contribution in [1.82, 2.24) is 5.32 Å². The first kappa shape index (κ1) is 16.2. The summed E-state index contributed by atoms with van der Waals surface area (Å²) >= 11 is 0. The van der Waals surface area contributed by atoms with Crippen LogP contribution in [0.3, 0.4) is 0 Å². The number of nitrogens with one attached hydrogen (secondary N) is 2. The molecular formula is C12H13FN2O6. The zero-order chi connectivity index (χ0) is 16.0. The first-order chi connectivity index (χ1) is 9.83. The van der Waals surface area contributed by atoms with E-state index in [9.17, 15) is 18.8 Å². The minimum absolute atomic E-state index is 0.230. The van der Waals surface area contributed by atoms with Gasteiger partial charge in [-0.05, 0) is 12.1 Å². The number of methoxy groups -OCH3 is 1. The number of carboxylic acid groups (broad SMARTS) is 2. The van der Waals surface area contributed by atoms with Crippen LogP contribution in [0.2, 0.25) is 0 Å². The average Bonchev–Trinajstić information content (AvgIpc) is 2.39. The predicted octanol–water partition coefficient (Wildman–Crippen LogP) is 0.884. The van der Waals surface area contributed by atoms with Crippen molar-refractivity contribution in [3.63, 3.8) is 0 Å². The minimum atomic E-state index is -1.63. The molecule has 4 N–H and O–H groups in total. The van der Waals surface area contributed by atoms with Gasteiger partial charge >= 0.3 is 18.0 Å². The number of ether oxygens (including phenoxy) is 1. The lowest BCUT2D eigenvalue weighted by Gasteiger charge is -2.14. The topological polar surface area (TPSA) is 125 Å². The van der Waals surface area contributed by atoms with Gasteiger partial charge in [0.1, 0.15) is 17.6 Å². The highest BCUT2D eigenvalue weighted by Crippen LogP contribution is 2.20. The Morgan fingerprint density at radius 3 is 2.52 bits per heavy atom. The molecule has 0 bridgehead atoms. The monoisotopic (exact) mass is 300 g/mol. The average molecular weight is 300 g/mol. The van der Waals surface area contributed by atoms with Crippen molar-refractivity contribution in [3.8, 4) is 5.75 Å². The number of urea groups is 1. The summed E-state index contributed by atoms with van der Waals surface area (Å²) in [7, 11) is 1.35. The van der Waals surface area contributed by atoms with Gasteiger partial charge in [0.05, 0.1) is 19.2 Å². The molecule has 0 saturated carbocycles. The molecule has 0 aromatic heterocycles. The molecule has 21 heavy (non-hydrogen) atoms. The van der Waals surface area contributed by atoms with Crippen LogP contribution in [0.25, 0.3) is 0 Å². The van der Waals surface area contributed by atoms with Gasteiger partial charge in [0.25, 0.3) is 0 Å². The molecule has 0 aliphatic rings. The van der Waals surface area contributed by atoms with Crippen molar-refractivity contribution in [3.05, 3.63) is 24.0 Å². The SMILES string of the molecule is COc1ccc(F)c(NC(=O)N[C@H](CC(=O)O)C(=O)O)c1. The van der Waals surface area contributed by atoms with Crippen molar-refractivity contribution in [1.29, 1.82) is 0 Å². The van der Waals surface area contributed by atoms with E-state index in [0.717, 1.165) is 6.07 Å². The van der Waals surface area contributed by atoms with Crippen LogP contribution in [0.5, 0.6) is 5.75 Å². The molecule has 0 aliphatic carbocycles. The van der Waals surface area contributed by atoms with Crippen molar-refractivity contribution >= 4 is 23.7 Å². The van der Waals surface area contributed by atoms with Crippen LogP contribution < -0.4 is 15.4 Å². The molecule has 0 heterocycles. The summed E-state index contributed by atoms with van der Waals surface area (Å²) in [5, 5.41) is 21.3. The van der Waals surface area contributed by atoms with Gasteiger partial charge in [-0.2, -0.15) is 0 Å². The highest BCUT2D eigenvalue weighted by atomic mass is 19.1. The van der Waals surface area contributed by atoms with Crippen molar-refractivity contribution in [2.45, 2.75) is 12.5 Å². The molecule has 1 atom stereocenters. The maximum Gasteiger partial charge on any atom is 0.326 e. The quantitative estimate of drug-likeness (QED) is 0.618. The fourth-order valence-electron chi connectivity index (χ4n) is 1.42. The lowest BCUT2D eigenvalue weighted by Crippen LogP contribution is -2.44. The van der Waals surface area contributed by atoms with Gasteiger partial charge in [-0.3, -0.25) is 4.79 Å². The Hall–Kier alpha value is -2.84. The number of aliphatic carboxylic acids is 2. The highest BCUT2D eigenvalue weighted by Gasteiger charge is 2.23. The standard InChI is InChI=1S/C12H13FN2O6/c1-21-6-2-3-7(13)8(4-6)14-12(20)15-9(11(18)19)5-10(16)17/h2-4,9H,5H2,1H3,(H,16,17)(H,18,19)(H2,14,15,20)/t9-/m1/s1. The molecule has 1 aromatic rings. The number of carboxylic acids is 2. The summed E-state index contributed by atoms with van der Waals surface area (Å²) in [6, 6.07) is 0.914. The number of carbonyl (C=O) groups is 3. The molecule has 8 nitrogen and oxygen atoms in total. The summed E-state index contributed by atoms with van der Waals surface area (Å²) in [6.45, 7) is 0. The molecule has 0 fully saturated rings. The molecule has 2 amide bonds. The number of anilines is 1. The molecule has 0 spiro atoms. The van der Waals surface area contributed by atoms with Crippen LogP contribution in [-0.2, 0) is 9.59 Å². The Kier molecular flexibility index (Phi) is 5.47. The number of rotatable bonds is 6. The molecule has 1 aromatic carbocycles. The van der Waals surface area contributed by atoms with E-state index in [1.54, 1.807) is 0 Å². The summed E-state index contributed by atoms with van der Waals surface area (Å²) < 4.78 is 18.3. The smallest absolute Gasteiger partial charge is 0.326 e. The molecule has 0 radical (unpaired) electrons. The second-order valence-electron chi connectivity index (χ2n) is 3.93. The summed E-state index contributed by atoms with van der Waals surface area (Å²) in [5.74, 6) is -3.38. The zero-order valence-corrected chi connectivity index (χ0v) is 10.9. The third kappa shape index (κ3) is 4.97. The van der Waals surface area contributed by atoms with Gasteiger partial charge in [-0.1, -0.05) is 0 Å². The van der Waals surface area contributed by atoms with E-state index in [0.29, 0.717) is 0 Å². The zero-order valence-electron chi connectivity index (χ0n) is 10.9. The highest BCUT2D eigenvalue weighted by molar-refractivity contribution is 5.93. The normalized spacial score (nSPS) is 11.3. The third-order valence-corrected chi connectivity index (χ3v) is 2.40. The number of amides is 2. The molecular weight excluding hydrogens is 287 g/mol. The largest absolute Gasteiger partial charge is 0.497 e. The van der Waals surface area contributed by atoms with Crippen LogP contribution in [0.1, 0.15) is 6.42 Å². The third-order valence-electron chi connectivity index (χ3n) is 2.40. The summed E-state index contributed by atoms with van der Waals surface area (Å²) in [5.41, 5.74) is -0.230. The molecule has 9 heteroatoms. The van der Waals surface area contributed by atoms with E-state index in [2.05, 4.69) is 5.32 Å². The van der Waals surface area contributed by atoms with Crippen molar-refractivity contribution < 1.29 is 33.7 Å². The molecule has 0 saturated heterocycles. The van der Waals surface area contributed by atoms with Crippen LogP contribution >= 0.6 is 0 Å². The van der Waals surface area contributed by atoms with E-state index >= 15 is 0 Å². The number of hydrogen-bond donors (Lipinski definition) is 4. The second-order valence-corrected chi connectivity index (χ2v) is 3.93. The maximum absolute atomic E-state index is 13.5. The van der Waals surface area contributed by atoms with E-state index in [-0.39, 0.29) is 11.4 Å². The number of carbonyl (C=O) groups excluding carboxylic acids is 1. The van der Waals surface area contributed by atoms with E-state index in [1.165, 1.54) is 19.2 Å². The predicted molar refractivity (Wildman–Crippen MR) is 68.8 cm³/mol. The number of benzene rings is 1.